The van der Waals surface area contributed by atoms with Gasteiger partial charge in [0.25, 0.3) is 0 Å². The number of hydrogen-bond acceptors (Lipinski definition) is 2. The van der Waals surface area contributed by atoms with Gasteiger partial charge in [-0.3, -0.25) is 0 Å². The Morgan fingerprint density at radius 3 is 2.24 bits per heavy atom. The maximum atomic E-state index is 12.1. The van der Waals surface area contributed by atoms with Crippen molar-refractivity contribution in [3.8, 4) is 0 Å². The molecule has 0 radical (unpaired) electrons. The zero-order chi connectivity index (χ0) is 13.0. The summed E-state index contributed by atoms with van der Waals surface area (Å²) in [6, 6.07) is 9.24. The zero-order valence-corrected chi connectivity index (χ0v) is 12.2. The van der Waals surface area contributed by atoms with Gasteiger partial charge in [-0.15, -0.1) is 0 Å². The predicted molar refractivity (Wildman–Crippen MR) is 76.3 cm³/mol. The van der Waals surface area contributed by atoms with Gasteiger partial charge >= 0.3 is 104 Å². The fourth-order valence-corrected chi connectivity index (χ4v) is 4.48. The van der Waals surface area contributed by atoms with Crippen molar-refractivity contribution >= 4 is 12.8 Å². The van der Waals surface area contributed by atoms with Crippen LogP contribution in [-0.4, -0.2) is 31.6 Å². The molecule has 0 aromatic heterocycles. The average Bonchev–Trinajstić information content (AvgIpc) is 2.30. The first-order chi connectivity index (χ1) is 7.89. The first kappa shape index (κ1) is 14.2. The van der Waals surface area contributed by atoms with Crippen molar-refractivity contribution in [1.82, 2.24) is 0 Å². The molecule has 3 heteroatoms. The van der Waals surface area contributed by atoms with E-state index in [-0.39, 0.29) is 5.97 Å². The van der Waals surface area contributed by atoms with Crippen molar-refractivity contribution in [2.24, 2.45) is 0 Å². The summed E-state index contributed by atoms with van der Waals surface area (Å²) in [5.74, 6) is -0.177. The van der Waals surface area contributed by atoms with Crippen LogP contribution in [0.25, 0.3) is 0 Å². The fourth-order valence-electron chi connectivity index (χ4n) is 1.87. The Balaban J connectivity index is 2.86. The third-order valence-electron chi connectivity index (χ3n) is 3.31. The van der Waals surface area contributed by atoms with Gasteiger partial charge in [0, 0.05) is 0 Å². The summed E-state index contributed by atoms with van der Waals surface area (Å²) in [7, 11) is 0. The van der Waals surface area contributed by atoms with Crippen molar-refractivity contribution in [1.29, 1.82) is 0 Å². The molecule has 0 N–H and O–H groups in total. The van der Waals surface area contributed by atoms with Crippen LogP contribution in [0.3, 0.4) is 0 Å². The van der Waals surface area contributed by atoms with Crippen LogP contribution < -0.4 is 0 Å². The molecule has 0 heterocycles. The van der Waals surface area contributed by atoms with Crippen LogP contribution in [0.4, 0.5) is 0 Å². The Labute approximate surface area is 104 Å². The number of carbonyl (C=O) groups is 1. The second-order valence-corrected chi connectivity index (χ2v) is 11.7. The average molecular weight is 254 g/mol. The molecule has 0 saturated heterocycles. The second kappa shape index (κ2) is 5.18. The quantitative estimate of drug-likeness (QED) is 0.742. The van der Waals surface area contributed by atoms with Gasteiger partial charge in [-0.2, -0.15) is 0 Å². The monoisotopic (exact) mass is 254 g/mol. The maximum absolute atomic E-state index is 12.1. The van der Waals surface area contributed by atoms with Crippen molar-refractivity contribution < 1.29 is 9.32 Å². The number of carbonyl (C=O) groups excluding carboxylic acids is 1. The van der Waals surface area contributed by atoms with Crippen LogP contribution in [-0.2, 0) is 4.52 Å². The molecule has 96 valence electrons. The van der Waals surface area contributed by atoms with Crippen LogP contribution in [0.1, 0.15) is 30.6 Å². The van der Waals surface area contributed by atoms with Crippen molar-refractivity contribution in [2.45, 2.75) is 20.3 Å². The third-order valence-corrected chi connectivity index (χ3v) is 7.91. The number of rotatable bonds is 5. The van der Waals surface area contributed by atoms with Gasteiger partial charge in [-0.25, -0.2) is 0 Å². The molecular weight excluding hydrogens is 231 g/mol. The number of benzene rings is 1. The SMILES string of the molecule is CCCP(C)(C)(CC)OC(=O)c1ccccc1. The van der Waals surface area contributed by atoms with E-state index in [4.69, 9.17) is 4.52 Å². The van der Waals surface area contributed by atoms with Gasteiger partial charge in [0.15, 0.2) is 0 Å². The Morgan fingerprint density at radius 2 is 1.76 bits per heavy atom. The van der Waals surface area contributed by atoms with Gasteiger partial charge in [-0.05, 0) is 0 Å². The summed E-state index contributed by atoms with van der Waals surface area (Å²) < 4.78 is 5.89. The van der Waals surface area contributed by atoms with E-state index in [1.807, 2.05) is 18.2 Å². The van der Waals surface area contributed by atoms with Gasteiger partial charge in [0.1, 0.15) is 0 Å². The molecule has 0 bridgehead atoms. The summed E-state index contributed by atoms with van der Waals surface area (Å²) >= 11 is 0. The van der Waals surface area contributed by atoms with Crippen molar-refractivity contribution in [2.75, 3.05) is 25.7 Å². The summed E-state index contributed by atoms with van der Waals surface area (Å²) in [6.07, 6.45) is 3.00. The molecule has 0 saturated carbocycles. The summed E-state index contributed by atoms with van der Waals surface area (Å²) in [4.78, 5) is 12.1. The van der Waals surface area contributed by atoms with E-state index in [2.05, 4.69) is 27.2 Å². The first-order valence-corrected chi connectivity index (χ1v) is 9.61. The van der Waals surface area contributed by atoms with E-state index >= 15 is 0 Å². The molecule has 2 nitrogen and oxygen atoms in total. The molecule has 0 atom stereocenters. The Bertz CT molecular complexity index is 384. The van der Waals surface area contributed by atoms with Crippen LogP contribution in [0.2, 0.25) is 0 Å². The van der Waals surface area contributed by atoms with E-state index in [9.17, 15) is 4.79 Å². The molecule has 0 aliphatic heterocycles. The Morgan fingerprint density at radius 1 is 1.18 bits per heavy atom. The van der Waals surface area contributed by atoms with Gasteiger partial charge in [0.05, 0.1) is 0 Å². The molecule has 17 heavy (non-hydrogen) atoms. The third kappa shape index (κ3) is 3.81. The first-order valence-electron chi connectivity index (χ1n) is 6.19. The van der Waals surface area contributed by atoms with E-state index in [0.29, 0.717) is 5.56 Å². The zero-order valence-electron chi connectivity index (χ0n) is 11.3. The molecule has 1 rings (SSSR count). The summed E-state index contributed by atoms with van der Waals surface area (Å²) in [5, 5.41) is 0. The fraction of sp³-hybridized carbons (Fsp3) is 0.500. The normalized spacial score (nSPS) is 13.8. The molecular formula is C14H23O2P. The Hall–Kier alpha value is -0.880. The summed E-state index contributed by atoms with van der Waals surface area (Å²) in [5.41, 5.74) is 0.648. The standard InChI is InChI=1S/C14H23O2P/c1-5-12-17(3,4,6-2)16-14(15)13-10-8-7-9-11-13/h7-11H,5-6,12H2,1-4H3. The van der Waals surface area contributed by atoms with Crippen LogP contribution >= 0.6 is 6.83 Å². The molecule has 1 aromatic rings. The molecule has 0 spiro atoms. The van der Waals surface area contributed by atoms with E-state index < -0.39 is 6.83 Å². The van der Waals surface area contributed by atoms with Crippen LogP contribution in [0.15, 0.2) is 30.3 Å². The van der Waals surface area contributed by atoms with Crippen molar-refractivity contribution in [3.05, 3.63) is 35.9 Å². The minimum atomic E-state index is -2.29. The van der Waals surface area contributed by atoms with E-state index in [0.717, 1.165) is 18.7 Å². The topological polar surface area (TPSA) is 26.3 Å². The predicted octanol–water partition coefficient (Wildman–Crippen LogP) is 4.00. The van der Waals surface area contributed by atoms with E-state index in [1.165, 1.54) is 0 Å². The Kier molecular flexibility index (Phi) is 4.32. The molecule has 0 aliphatic carbocycles. The van der Waals surface area contributed by atoms with Gasteiger partial charge in [-0.1, -0.05) is 0 Å². The second-order valence-electron chi connectivity index (χ2n) is 5.34. The summed E-state index contributed by atoms with van der Waals surface area (Å²) in [6.45, 7) is 6.26. The van der Waals surface area contributed by atoms with Gasteiger partial charge < -0.3 is 0 Å². The number of hydrogen-bond donors (Lipinski definition) is 0. The molecule has 0 amide bonds. The molecule has 0 fully saturated rings. The van der Waals surface area contributed by atoms with Crippen molar-refractivity contribution in [3.63, 3.8) is 0 Å². The molecule has 0 aliphatic rings. The van der Waals surface area contributed by atoms with Gasteiger partial charge in [0.2, 0.25) is 0 Å². The molecule has 0 unspecified atom stereocenters. The molecule has 1 aromatic carbocycles. The van der Waals surface area contributed by atoms with Crippen LogP contribution in [0.5, 0.6) is 0 Å². The minimum absolute atomic E-state index is 0.177. The van der Waals surface area contributed by atoms with E-state index in [1.54, 1.807) is 12.1 Å². The van der Waals surface area contributed by atoms with Crippen LogP contribution in [0, 0.1) is 0 Å².